The minimum absolute atomic E-state index is 0.291. The van der Waals surface area contributed by atoms with E-state index in [9.17, 15) is 0 Å². The highest BCUT2D eigenvalue weighted by Crippen LogP contribution is 2.07. The number of nitrogens with zero attached hydrogens (tertiary/aromatic N) is 2. The van der Waals surface area contributed by atoms with E-state index in [1.54, 1.807) is 6.07 Å². The summed E-state index contributed by atoms with van der Waals surface area (Å²) < 4.78 is 5.56. The lowest BCUT2D eigenvalue weighted by Crippen LogP contribution is -2.28. The fourth-order valence-corrected chi connectivity index (χ4v) is 1.57. The van der Waals surface area contributed by atoms with Gasteiger partial charge in [-0.15, -0.1) is 0 Å². The third-order valence-corrected chi connectivity index (χ3v) is 2.74. The van der Waals surface area contributed by atoms with E-state index in [0.29, 0.717) is 23.2 Å². The van der Waals surface area contributed by atoms with Gasteiger partial charge in [0.05, 0.1) is 0 Å². The number of hydrogen-bond acceptors (Lipinski definition) is 4. The second-order valence-corrected chi connectivity index (χ2v) is 4.04. The quantitative estimate of drug-likeness (QED) is 0.745. The Morgan fingerprint density at radius 2 is 2.12 bits per heavy atom. The van der Waals surface area contributed by atoms with Gasteiger partial charge in [0.1, 0.15) is 17.3 Å². The molecule has 1 aromatic heterocycles. The SMILES string of the molecule is CCN(CC)CCOc1cccc(C(N)=S)n1. The third kappa shape index (κ3) is 4.66. The molecule has 0 spiro atoms. The number of thiocarbonyl (C=S) groups is 1. The molecule has 1 rings (SSSR count). The fourth-order valence-electron chi connectivity index (χ4n) is 1.45. The zero-order valence-corrected chi connectivity index (χ0v) is 11.2. The fraction of sp³-hybridized carbons (Fsp3) is 0.500. The zero-order chi connectivity index (χ0) is 12.7. The van der Waals surface area contributed by atoms with Gasteiger partial charge in [-0.05, 0) is 19.2 Å². The molecule has 2 N–H and O–H groups in total. The Balaban J connectivity index is 2.46. The average Bonchev–Trinajstić information content (AvgIpc) is 2.35. The van der Waals surface area contributed by atoms with Gasteiger partial charge in [0.25, 0.3) is 0 Å². The van der Waals surface area contributed by atoms with Crippen LogP contribution in [0.25, 0.3) is 0 Å². The van der Waals surface area contributed by atoms with Crippen LogP contribution in [0.1, 0.15) is 19.5 Å². The molecule has 1 aromatic rings. The number of ether oxygens (including phenoxy) is 1. The van der Waals surface area contributed by atoms with E-state index in [1.165, 1.54) is 0 Å². The van der Waals surface area contributed by atoms with Gasteiger partial charge in [-0.2, -0.15) is 0 Å². The molecule has 0 fully saturated rings. The predicted octanol–water partition coefficient (Wildman–Crippen LogP) is 1.44. The highest BCUT2D eigenvalue weighted by atomic mass is 32.1. The molecule has 0 aliphatic carbocycles. The standard InChI is InChI=1S/C12H19N3OS/c1-3-15(4-2)8-9-16-11-7-5-6-10(14-11)12(13)17/h5-7H,3-4,8-9H2,1-2H3,(H2,13,17). The number of pyridine rings is 1. The summed E-state index contributed by atoms with van der Waals surface area (Å²) in [7, 11) is 0. The van der Waals surface area contributed by atoms with E-state index >= 15 is 0 Å². The van der Waals surface area contributed by atoms with E-state index in [0.717, 1.165) is 19.6 Å². The van der Waals surface area contributed by atoms with Crippen molar-refractivity contribution in [2.24, 2.45) is 5.73 Å². The molecule has 0 aromatic carbocycles. The molecule has 17 heavy (non-hydrogen) atoms. The smallest absolute Gasteiger partial charge is 0.213 e. The molecule has 0 amide bonds. The molecule has 4 nitrogen and oxygen atoms in total. The van der Waals surface area contributed by atoms with Crippen LogP contribution in [0, 0.1) is 0 Å². The molecule has 0 bridgehead atoms. The molecule has 0 aliphatic rings. The Kier molecular flexibility index (Phi) is 5.86. The van der Waals surface area contributed by atoms with Crippen LogP contribution >= 0.6 is 12.2 Å². The minimum atomic E-state index is 0.291. The van der Waals surface area contributed by atoms with Crippen LogP contribution in [0.5, 0.6) is 5.88 Å². The van der Waals surface area contributed by atoms with Crippen molar-refractivity contribution in [3.05, 3.63) is 23.9 Å². The maximum atomic E-state index is 5.56. The van der Waals surface area contributed by atoms with Gasteiger partial charge in [-0.1, -0.05) is 32.1 Å². The monoisotopic (exact) mass is 253 g/mol. The van der Waals surface area contributed by atoms with E-state index in [-0.39, 0.29) is 0 Å². The first-order valence-electron chi connectivity index (χ1n) is 5.79. The van der Waals surface area contributed by atoms with Crippen molar-refractivity contribution in [1.82, 2.24) is 9.88 Å². The second-order valence-electron chi connectivity index (χ2n) is 3.60. The average molecular weight is 253 g/mol. The first-order chi connectivity index (χ1) is 8.17. The number of aromatic nitrogens is 1. The van der Waals surface area contributed by atoms with Crippen LogP contribution in [-0.4, -0.2) is 41.1 Å². The van der Waals surface area contributed by atoms with Gasteiger partial charge in [0.15, 0.2) is 0 Å². The summed E-state index contributed by atoms with van der Waals surface area (Å²) in [6.45, 7) is 7.84. The van der Waals surface area contributed by atoms with Gasteiger partial charge >= 0.3 is 0 Å². The predicted molar refractivity (Wildman–Crippen MR) is 73.4 cm³/mol. The second kappa shape index (κ2) is 7.19. The summed E-state index contributed by atoms with van der Waals surface area (Å²) in [5.74, 6) is 0.572. The maximum absolute atomic E-state index is 5.56. The van der Waals surface area contributed by atoms with Crippen molar-refractivity contribution < 1.29 is 4.74 Å². The summed E-state index contributed by atoms with van der Waals surface area (Å²) in [6.07, 6.45) is 0. The highest BCUT2D eigenvalue weighted by Gasteiger charge is 2.02. The van der Waals surface area contributed by atoms with Crippen LogP contribution in [-0.2, 0) is 0 Å². The zero-order valence-electron chi connectivity index (χ0n) is 10.3. The van der Waals surface area contributed by atoms with Crippen molar-refractivity contribution in [2.75, 3.05) is 26.2 Å². The molecule has 0 saturated heterocycles. The van der Waals surface area contributed by atoms with Crippen LogP contribution < -0.4 is 10.5 Å². The van der Waals surface area contributed by atoms with Crippen molar-refractivity contribution in [3.8, 4) is 5.88 Å². The van der Waals surface area contributed by atoms with Crippen LogP contribution in [0.4, 0.5) is 0 Å². The van der Waals surface area contributed by atoms with Crippen molar-refractivity contribution in [1.29, 1.82) is 0 Å². The molecular formula is C12H19N3OS. The molecule has 0 unspecified atom stereocenters. The Morgan fingerprint density at radius 3 is 2.71 bits per heavy atom. The Labute approximate surface area is 108 Å². The summed E-state index contributed by atoms with van der Waals surface area (Å²) in [5.41, 5.74) is 6.11. The van der Waals surface area contributed by atoms with Gasteiger partial charge < -0.3 is 15.4 Å². The molecule has 1 heterocycles. The third-order valence-electron chi connectivity index (χ3n) is 2.53. The number of hydrogen-bond donors (Lipinski definition) is 1. The highest BCUT2D eigenvalue weighted by molar-refractivity contribution is 7.80. The van der Waals surface area contributed by atoms with Crippen molar-refractivity contribution in [2.45, 2.75) is 13.8 Å². The molecule has 0 saturated carbocycles. The van der Waals surface area contributed by atoms with E-state index < -0.39 is 0 Å². The number of rotatable bonds is 7. The van der Waals surface area contributed by atoms with E-state index in [2.05, 4.69) is 23.7 Å². The molecular weight excluding hydrogens is 234 g/mol. The van der Waals surface area contributed by atoms with Crippen LogP contribution in [0.15, 0.2) is 18.2 Å². The topological polar surface area (TPSA) is 51.4 Å². The Morgan fingerprint density at radius 1 is 1.41 bits per heavy atom. The maximum Gasteiger partial charge on any atom is 0.213 e. The summed E-state index contributed by atoms with van der Waals surface area (Å²) in [4.78, 5) is 6.79. The van der Waals surface area contributed by atoms with Gasteiger partial charge in [-0.3, -0.25) is 0 Å². The summed E-state index contributed by atoms with van der Waals surface area (Å²) in [5, 5.41) is 0. The first kappa shape index (κ1) is 13.9. The normalized spacial score (nSPS) is 10.5. The molecule has 5 heteroatoms. The van der Waals surface area contributed by atoms with Crippen molar-refractivity contribution >= 4 is 17.2 Å². The first-order valence-corrected chi connectivity index (χ1v) is 6.20. The lowest BCUT2D eigenvalue weighted by Gasteiger charge is -2.17. The molecule has 0 aliphatic heterocycles. The van der Waals surface area contributed by atoms with E-state index in [1.807, 2.05) is 12.1 Å². The molecule has 94 valence electrons. The van der Waals surface area contributed by atoms with Gasteiger partial charge in [0, 0.05) is 12.6 Å². The van der Waals surface area contributed by atoms with Crippen LogP contribution in [0.2, 0.25) is 0 Å². The number of nitrogens with two attached hydrogens (primary N) is 1. The lowest BCUT2D eigenvalue weighted by molar-refractivity contribution is 0.218. The van der Waals surface area contributed by atoms with Gasteiger partial charge in [0.2, 0.25) is 5.88 Å². The number of likely N-dealkylation sites (N-methyl/N-ethyl adjacent to an activating group) is 1. The van der Waals surface area contributed by atoms with Crippen molar-refractivity contribution in [3.63, 3.8) is 0 Å². The lowest BCUT2D eigenvalue weighted by atomic mass is 10.3. The summed E-state index contributed by atoms with van der Waals surface area (Å²) >= 11 is 4.86. The van der Waals surface area contributed by atoms with E-state index in [4.69, 9.17) is 22.7 Å². The largest absolute Gasteiger partial charge is 0.476 e. The minimum Gasteiger partial charge on any atom is -0.476 e. The van der Waals surface area contributed by atoms with Gasteiger partial charge in [-0.25, -0.2) is 4.98 Å². The molecule has 0 radical (unpaired) electrons. The molecule has 0 atom stereocenters. The van der Waals surface area contributed by atoms with Crippen LogP contribution in [0.3, 0.4) is 0 Å². The Hall–Kier alpha value is -1.20. The summed E-state index contributed by atoms with van der Waals surface area (Å²) in [6, 6.07) is 5.43. The Bertz CT molecular complexity index is 367.